The first-order chi connectivity index (χ1) is 9.24. The van der Waals surface area contributed by atoms with Crippen molar-refractivity contribution in [3.8, 4) is 0 Å². The Kier molecular flexibility index (Phi) is 3.48. The second kappa shape index (κ2) is 5.27. The second-order valence-corrected chi connectivity index (χ2v) is 5.77. The van der Waals surface area contributed by atoms with E-state index < -0.39 is 0 Å². The molecule has 0 unspecified atom stereocenters. The van der Waals surface area contributed by atoms with Gasteiger partial charge in [-0.3, -0.25) is 0 Å². The maximum atomic E-state index is 11.9. The third-order valence-electron chi connectivity index (χ3n) is 4.32. The fourth-order valence-corrected chi connectivity index (χ4v) is 2.88. The largest absolute Gasteiger partial charge is 0.338 e. The molecule has 6 heteroatoms. The van der Waals surface area contributed by atoms with Crippen LogP contribution in [0.1, 0.15) is 25.7 Å². The number of hydrogen-bond acceptors (Lipinski definition) is 2. The van der Waals surface area contributed by atoms with Crippen LogP contribution in [0, 0.1) is 5.92 Å². The number of likely N-dealkylation sites (tertiary alicyclic amines) is 1. The summed E-state index contributed by atoms with van der Waals surface area (Å²) in [5.74, 6) is 0.717. The van der Waals surface area contributed by atoms with Crippen molar-refractivity contribution in [2.45, 2.75) is 31.7 Å². The van der Waals surface area contributed by atoms with E-state index in [4.69, 9.17) is 0 Å². The predicted molar refractivity (Wildman–Crippen MR) is 70.8 cm³/mol. The highest BCUT2D eigenvalue weighted by Crippen LogP contribution is 2.27. The average molecular weight is 266 g/mol. The summed E-state index contributed by atoms with van der Waals surface area (Å²) < 4.78 is 0. The van der Waals surface area contributed by atoms with Crippen LogP contribution in [0.15, 0.2) is 0 Å². The van der Waals surface area contributed by atoms with Gasteiger partial charge in [0.1, 0.15) is 0 Å². The lowest BCUT2D eigenvalue weighted by atomic mass is 10.0. The Morgan fingerprint density at radius 3 is 2.53 bits per heavy atom. The Bertz CT molecular complexity index is 362. The van der Waals surface area contributed by atoms with Gasteiger partial charge in [-0.1, -0.05) is 0 Å². The van der Waals surface area contributed by atoms with Gasteiger partial charge in [-0.15, -0.1) is 0 Å². The van der Waals surface area contributed by atoms with Gasteiger partial charge in [0.05, 0.1) is 0 Å². The van der Waals surface area contributed by atoms with Gasteiger partial charge in [0.15, 0.2) is 0 Å². The monoisotopic (exact) mass is 266 g/mol. The highest BCUT2D eigenvalue weighted by atomic mass is 16.2. The summed E-state index contributed by atoms with van der Waals surface area (Å²) in [4.78, 5) is 27.3. The standard InChI is InChI=1S/C13H22N4O2/c18-12(15-9-10-1-2-10)16-6-3-11(4-7-16)17-8-5-14-13(17)19/h10-11H,1-9H2,(H,14,19)(H,15,18). The number of piperidine rings is 1. The molecule has 2 N–H and O–H groups in total. The molecule has 6 nitrogen and oxygen atoms in total. The predicted octanol–water partition coefficient (Wildman–Crippen LogP) is 0.596. The molecule has 0 aromatic carbocycles. The molecule has 4 amide bonds. The van der Waals surface area contributed by atoms with Crippen molar-refractivity contribution in [1.82, 2.24) is 20.4 Å². The molecule has 19 heavy (non-hydrogen) atoms. The smallest absolute Gasteiger partial charge is 0.317 e. The van der Waals surface area contributed by atoms with E-state index in [1.165, 1.54) is 12.8 Å². The van der Waals surface area contributed by atoms with Crippen molar-refractivity contribution in [3.05, 3.63) is 0 Å². The summed E-state index contributed by atoms with van der Waals surface area (Å²) in [7, 11) is 0. The van der Waals surface area contributed by atoms with Crippen LogP contribution in [0.2, 0.25) is 0 Å². The zero-order valence-corrected chi connectivity index (χ0v) is 11.2. The van der Waals surface area contributed by atoms with Crippen molar-refractivity contribution in [3.63, 3.8) is 0 Å². The van der Waals surface area contributed by atoms with Crippen LogP contribution in [-0.4, -0.2) is 60.6 Å². The molecule has 1 saturated carbocycles. The maximum absolute atomic E-state index is 11.9. The molecule has 3 rings (SSSR count). The lowest BCUT2D eigenvalue weighted by Gasteiger charge is -2.36. The molecular weight excluding hydrogens is 244 g/mol. The lowest BCUT2D eigenvalue weighted by Crippen LogP contribution is -2.50. The minimum Gasteiger partial charge on any atom is -0.338 e. The molecule has 0 aromatic rings. The highest BCUT2D eigenvalue weighted by molar-refractivity contribution is 5.77. The van der Waals surface area contributed by atoms with Gasteiger partial charge in [-0.05, 0) is 31.6 Å². The fraction of sp³-hybridized carbons (Fsp3) is 0.846. The molecule has 0 spiro atoms. The second-order valence-electron chi connectivity index (χ2n) is 5.77. The third-order valence-corrected chi connectivity index (χ3v) is 4.32. The molecule has 2 saturated heterocycles. The number of carbonyl (C=O) groups is 2. The Labute approximate surface area is 113 Å². The summed E-state index contributed by atoms with van der Waals surface area (Å²) in [6.45, 7) is 3.89. The number of amides is 4. The van der Waals surface area contributed by atoms with Gasteiger partial charge in [0.25, 0.3) is 0 Å². The van der Waals surface area contributed by atoms with Crippen molar-refractivity contribution in [2.75, 3.05) is 32.7 Å². The summed E-state index contributed by atoms with van der Waals surface area (Å²) in [5, 5.41) is 5.84. The molecule has 0 bridgehead atoms. The van der Waals surface area contributed by atoms with E-state index >= 15 is 0 Å². The van der Waals surface area contributed by atoms with E-state index in [0.717, 1.165) is 51.5 Å². The summed E-state index contributed by atoms with van der Waals surface area (Å²) >= 11 is 0. The first-order valence-corrected chi connectivity index (χ1v) is 7.31. The molecule has 1 aliphatic carbocycles. The van der Waals surface area contributed by atoms with E-state index in [0.29, 0.717) is 6.04 Å². The van der Waals surface area contributed by atoms with E-state index in [1.54, 1.807) is 0 Å². The number of urea groups is 2. The van der Waals surface area contributed by atoms with Gasteiger partial charge >= 0.3 is 12.1 Å². The zero-order valence-electron chi connectivity index (χ0n) is 11.2. The Balaban J connectivity index is 1.43. The highest BCUT2D eigenvalue weighted by Gasteiger charge is 2.32. The molecule has 0 aromatic heterocycles. The van der Waals surface area contributed by atoms with E-state index in [9.17, 15) is 9.59 Å². The Morgan fingerprint density at radius 1 is 1.21 bits per heavy atom. The lowest BCUT2D eigenvalue weighted by molar-refractivity contribution is 0.141. The topological polar surface area (TPSA) is 64.7 Å². The Hall–Kier alpha value is -1.46. The van der Waals surface area contributed by atoms with Crippen molar-refractivity contribution in [1.29, 1.82) is 0 Å². The molecule has 0 radical (unpaired) electrons. The normalized spacial score (nSPS) is 24.5. The maximum Gasteiger partial charge on any atom is 0.317 e. The quantitative estimate of drug-likeness (QED) is 0.785. The minimum absolute atomic E-state index is 0.0524. The van der Waals surface area contributed by atoms with Crippen LogP contribution in [0.25, 0.3) is 0 Å². The number of nitrogens with zero attached hydrogens (tertiary/aromatic N) is 2. The minimum atomic E-state index is 0.0524. The van der Waals surface area contributed by atoms with Crippen LogP contribution in [-0.2, 0) is 0 Å². The number of hydrogen-bond donors (Lipinski definition) is 2. The van der Waals surface area contributed by atoms with Gasteiger partial charge in [0.2, 0.25) is 0 Å². The molecule has 3 fully saturated rings. The van der Waals surface area contributed by atoms with Crippen LogP contribution in [0.3, 0.4) is 0 Å². The van der Waals surface area contributed by atoms with E-state index in [2.05, 4.69) is 10.6 Å². The molecule has 106 valence electrons. The van der Waals surface area contributed by atoms with Crippen molar-refractivity contribution in [2.24, 2.45) is 5.92 Å². The van der Waals surface area contributed by atoms with Crippen molar-refractivity contribution < 1.29 is 9.59 Å². The zero-order chi connectivity index (χ0) is 13.2. The third kappa shape index (κ3) is 2.93. The molecule has 2 aliphatic heterocycles. The number of rotatable bonds is 3. The van der Waals surface area contributed by atoms with Gasteiger partial charge in [0, 0.05) is 38.8 Å². The Morgan fingerprint density at radius 2 is 1.95 bits per heavy atom. The van der Waals surface area contributed by atoms with Gasteiger partial charge in [-0.2, -0.15) is 0 Å². The molecule has 2 heterocycles. The summed E-state index contributed by atoms with van der Waals surface area (Å²) in [6.07, 6.45) is 4.30. The van der Waals surface area contributed by atoms with Crippen molar-refractivity contribution >= 4 is 12.1 Å². The van der Waals surface area contributed by atoms with Gasteiger partial charge < -0.3 is 20.4 Å². The number of nitrogens with one attached hydrogen (secondary N) is 2. The first kappa shape index (κ1) is 12.6. The van der Waals surface area contributed by atoms with Crippen LogP contribution < -0.4 is 10.6 Å². The molecular formula is C13H22N4O2. The average Bonchev–Trinajstić information content (AvgIpc) is 3.17. The van der Waals surface area contributed by atoms with E-state index in [1.807, 2.05) is 9.80 Å². The number of carbonyl (C=O) groups excluding carboxylic acids is 2. The van der Waals surface area contributed by atoms with Crippen LogP contribution in [0.5, 0.6) is 0 Å². The van der Waals surface area contributed by atoms with Gasteiger partial charge in [-0.25, -0.2) is 9.59 Å². The molecule has 3 aliphatic rings. The van der Waals surface area contributed by atoms with Crippen LogP contribution in [0.4, 0.5) is 9.59 Å². The first-order valence-electron chi connectivity index (χ1n) is 7.31. The van der Waals surface area contributed by atoms with Crippen LogP contribution >= 0.6 is 0 Å². The SMILES string of the molecule is O=C(NCC1CC1)N1CCC(N2CCNC2=O)CC1. The van der Waals surface area contributed by atoms with E-state index in [-0.39, 0.29) is 12.1 Å². The summed E-state index contributed by atoms with van der Waals surface area (Å²) in [6, 6.07) is 0.419. The fourth-order valence-electron chi connectivity index (χ4n) is 2.88. The summed E-state index contributed by atoms with van der Waals surface area (Å²) in [5.41, 5.74) is 0. The molecule has 0 atom stereocenters.